The van der Waals surface area contributed by atoms with Gasteiger partial charge in [-0.05, 0) is 49.8 Å². The van der Waals surface area contributed by atoms with Crippen molar-refractivity contribution in [1.29, 1.82) is 0 Å². The Kier molecular flexibility index (Phi) is 4.29. The molecule has 1 aromatic carbocycles. The molecule has 0 saturated heterocycles. The number of rotatable bonds is 3. The second-order valence-corrected chi connectivity index (χ2v) is 5.80. The standard InChI is InChI=1S/C15H20ClFO/c1-2-3-11-6-8-15(18,9-7-11)13-10-12(17)4-5-14(13)16/h4-5,10-11,18H,2-3,6-9H2,1H3. The molecule has 0 amide bonds. The van der Waals surface area contributed by atoms with Crippen LogP contribution in [-0.4, -0.2) is 5.11 Å². The highest BCUT2D eigenvalue weighted by atomic mass is 35.5. The summed E-state index contributed by atoms with van der Waals surface area (Å²) in [5.74, 6) is 0.362. The normalized spacial score (nSPS) is 28.3. The van der Waals surface area contributed by atoms with Gasteiger partial charge in [0.05, 0.1) is 5.60 Å². The van der Waals surface area contributed by atoms with Crippen LogP contribution in [0.4, 0.5) is 4.39 Å². The zero-order valence-electron chi connectivity index (χ0n) is 10.8. The van der Waals surface area contributed by atoms with E-state index in [2.05, 4.69) is 6.92 Å². The van der Waals surface area contributed by atoms with Crippen LogP contribution in [0, 0.1) is 11.7 Å². The number of hydrogen-bond acceptors (Lipinski definition) is 1. The summed E-state index contributed by atoms with van der Waals surface area (Å²) < 4.78 is 13.3. The van der Waals surface area contributed by atoms with Crippen LogP contribution in [0.15, 0.2) is 18.2 Å². The van der Waals surface area contributed by atoms with Crippen molar-refractivity contribution in [2.24, 2.45) is 5.92 Å². The van der Waals surface area contributed by atoms with E-state index in [9.17, 15) is 9.50 Å². The molecular formula is C15H20ClFO. The van der Waals surface area contributed by atoms with E-state index in [0.29, 0.717) is 29.3 Å². The molecule has 3 heteroatoms. The van der Waals surface area contributed by atoms with Gasteiger partial charge < -0.3 is 5.11 Å². The molecule has 1 N–H and O–H groups in total. The van der Waals surface area contributed by atoms with Crippen LogP contribution in [-0.2, 0) is 5.60 Å². The molecule has 1 aliphatic rings. The van der Waals surface area contributed by atoms with Gasteiger partial charge in [0.25, 0.3) is 0 Å². The first-order chi connectivity index (χ1) is 8.55. The topological polar surface area (TPSA) is 20.2 Å². The highest BCUT2D eigenvalue weighted by Crippen LogP contribution is 2.43. The van der Waals surface area contributed by atoms with Crippen molar-refractivity contribution in [1.82, 2.24) is 0 Å². The van der Waals surface area contributed by atoms with E-state index in [1.54, 1.807) is 0 Å². The van der Waals surface area contributed by atoms with Crippen molar-refractivity contribution >= 4 is 11.6 Å². The molecule has 0 aliphatic heterocycles. The summed E-state index contributed by atoms with van der Waals surface area (Å²) in [4.78, 5) is 0. The lowest BCUT2D eigenvalue weighted by Gasteiger charge is -2.37. The summed E-state index contributed by atoms with van der Waals surface area (Å²) in [7, 11) is 0. The van der Waals surface area contributed by atoms with Crippen molar-refractivity contribution in [3.05, 3.63) is 34.6 Å². The van der Waals surface area contributed by atoms with Crippen LogP contribution in [0.5, 0.6) is 0 Å². The minimum atomic E-state index is -0.941. The highest BCUT2D eigenvalue weighted by molar-refractivity contribution is 6.31. The minimum absolute atomic E-state index is 0.335. The summed E-state index contributed by atoms with van der Waals surface area (Å²) in [5, 5.41) is 11.1. The van der Waals surface area contributed by atoms with Gasteiger partial charge in [0.2, 0.25) is 0 Å². The lowest BCUT2D eigenvalue weighted by Crippen LogP contribution is -2.32. The Morgan fingerprint density at radius 2 is 2.06 bits per heavy atom. The Labute approximate surface area is 113 Å². The van der Waals surface area contributed by atoms with E-state index in [-0.39, 0.29) is 5.82 Å². The van der Waals surface area contributed by atoms with Crippen LogP contribution in [0.25, 0.3) is 0 Å². The van der Waals surface area contributed by atoms with Crippen LogP contribution in [0.2, 0.25) is 5.02 Å². The van der Waals surface area contributed by atoms with Crippen molar-refractivity contribution in [3.8, 4) is 0 Å². The van der Waals surface area contributed by atoms with Crippen LogP contribution in [0.1, 0.15) is 51.0 Å². The Hall–Kier alpha value is -0.600. The maximum Gasteiger partial charge on any atom is 0.123 e. The quantitative estimate of drug-likeness (QED) is 0.847. The van der Waals surface area contributed by atoms with Gasteiger partial charge in [-0.3, -0.25) is 0 Å². The SMILES string of the molecule is CCCC1CCC(O)(c2cc(F)ccc2Cl)CC1. The molecule has 0 spiro atoms. The fourth-order valence-electron chi connectivity index (χ4n) is 2.98. The summed E-state index contributed by atoms with van der Waals surface area (Å²) in [6.07, 6.45) is 5.76. The first kappa shape index (κ1) is 13.8. The van der Waals surface area contributed by atoms with Gasteiger partial charge in [0.15, 0.2) is 0 Å². The second kappa shape index (κ2) is 5.58. The van der Waals surface area contributed by atoms with Crippen molar-refractivity contribution in [3.63, 3.8) is 0 Å². The highest BCUT2D eigenvalue weighted by Gasteiger charge is 2.36. The van der Waals surface area contributed by atoms with Crippen LogP contribution < -0.4 is 0 Å². The maximum atomic E-state index is 13.3. The van der Waals surface area contributed by atoms with Crippen molar-refractivity contribution < 1.29 is 9.50 Å². The molecule has 0 unspecified atom stereocenters. The number of aliphatic hydroxyl groups is 1. The average molecular weight is 271 g/mol. The van der Waals surface area contributed by atoms with Gasteiger partial charge in [-0.2, -0.15) is 0 Å². The summed E-state index contributed by atoms with van der Waals surface area (Å²) in [5.41, 5.74) is -0.386. The first-order valence-corrected chi connectivity index (χ1v) is 7.11. The van der Waals surface area contributed by atoms with Crippen molar-refractivity contribution in [2.75, 3.05) is 0 Å². The number of benzene rings is 1. The third-order valence-electron chi connectivity index (χ3n) is 4.06. The molecule has 100 valence electrons. The zero-order valence-corrected chi connectivity index (χ0v) is 11.5. The smallest absolute Gasteiger partial charge is 0.123 e. The predicted molar refractivity (Wildman–Crippen MR) is 72.2 cm³/mol. The molecule has 1 saturated carbocycles. The number of hydrogen-bond donors (Lipinski definition) is 1. The molecule has 1 nitrogen and oxygen atoms in total. The summed E-state index contributed by atoms with van der Waals surface area (Å²) in [6, 6.07) is 4.24. The third-order valence-corrected chi connectivity index (χ3v) is 4.39. The van der Waals surface area contributed by atoms with Gasteiger partial charge in [-0.25, -0.2) is 4.39 Å². The van der Waals surface area contributed by atoms with E-state index in [0.717, 1.165) is 12.8 Å². The largest absolute Gasteiger partial charge is 0.385 e. The van der Waals surface area contributed by atoms with Crippen molar-refractivity contribution in [2.45, 2.75) is 51.0 Å². The summed E-state index contributed by atoms with van der Waals surface area (Å²) >= 11 is 6.09. The van der Waals surface area contributed by atoms with E-state index in [1.165, 1.54) is 31.0 Å². The molecule has 2 rings (SSSR count). The lowest BCUT2D eigenvalue weighted by molar-refractivity contribution is -0.0153. The third kappa shape index (κ3) is 2.86. The molecule has 0 atom stereocenters. The Bertz CT molecular complexity index is 411. The van der Waals surface area contributed by atoms with Gasteiger partial charge >= 0.3 is 0 Å². The zero-order chi connectivity index (χ0) is 13.2. The van der Waals surface area contributed by atoms with E-state index < -0.39 is 5.60 Å². The van der Waals surface area contributed by atoms with Gasteiger partial charge in [0.1, 0.15) is 5.82 Å². The second-order valence-electron chi connectivity index (χ2n) is 5.39. The molecule has 1 aromatic rings. The van der Waals surface area contributed by atoms with E-state index in [1.807, 2.05) is 0 Å². The fourth-order valence-corrected chi connectivity index (χ4v) is 3.27. The Morgan fingerprint density at radius 3 is 2.67 bits per heavy atom. The molecule has 0 heterocycles. The molecule has 18 heavy (non-hydrogen) atoms. The molecule has 1 fully saturated rings. The average Bonchev–Trinajstić information content (AvgIpc) is 2.36. The molecular weight excluding hydrogens is 251 g/mol. The van der Waals surface area contributed by atoms with Gasteiger partial charge in [-0.1, -0.05) is 31.4 Å². The van der Waals surface area contributed by atoms with Crippen LogP contribution >= 0.6 is 11.6 Å². The summed E-state index contributed by atoms with van der Waals surface area (Å²) in [6.45, 7) is 2.18. The van der Waals surface area contributed by atoms with E-state index >= 15 is 0 Å². The molecule has 1 aliphatic carbocycles. The monoisotopic (exact) mass is 270 g/mol. The molecule has 0 aromatic heterocycles. The predicted octanol–water partition coefficient (Wildman–Crippen LogP) is 4.66. The molecule has 0 radical (unpaired) electrons. The Morgan fingerprint density at radius 1 is 1.39 bits per heavy atom. The lowest BCUT2D eigenvalue weighted by atomic mass is 9.74. The first-order valence-electron chi connectivity index (χ1n) is 6.73. The fraction of sp³-hybridized carbons (Fsp3) is 0.600. The van der Waals surface area contributed by atoms with Gasteiger partial charge in [-0.15, -0.1) is 0 Å². The van der Waals surface area contributed by atoms with E-state index in [4.69, 9.17) is 11.6 Å². The Balaban J connectivity index is 2.15. The minimum Gasteiger partial charge on any atom is -0.385 e. The maximum absolute atomic E-state index is 13.3. The molecule has 0 bridgehead atoms. The van der Waals surface area contributed by atoms with Gasteiger partial charge in [0, 0.05) is 10.6 Å². The number of halogens is 2. The van der Waals surface area contributed by atoms with Crippen LogP contribution in [0.3, 0.4) is 0 Å².